The second-order valence-electron chi connectivity index (χ2n) is 5.15. The number of carbonyl (C=O) groups excluding carboxylic acids is 1. The molecule has 0 bridgehead atoms. The number of nitrogens with zero attached hydrogens (tertiary/aromatic N) is 2. The molecule has 0 amide bonds. The number of hydrogen-bond acceptors (Lipinski definition) is 6. The van der Waals surface area contributed by atoms with Crippen LogP contribution in [0, 0.1) is 13.8 Å². The van der Waals surface area contributed by atoms with E-state index in [9.17, 15) is 4.79 Å². The van der Waals surface area contributed by atoms with Gasteiger partial charge in [-0.1, -0.05) is 35.1 Å². The molecule has 0 saturated heterocycles. The van der Waals surface area contributed by atoms with E-state index in [4.69, 9.17) is 9.26 Å². The number of esters is 1. The molecule has 0 radical (unpaired) electrons. The molecule has 0 fully saturated rings. The molecule has 0 unspecified atom stereocenters. The van der Waals surface area contributed by atoms with E-state index in [1.165, 1.54) is 11.8 Å². The molecule has 1 aromatic carbocycles. The van der Waals surface area contributed by atoms with Crippen LogP contribution in [0.15, 0.2) is 63.1 Å². The standard InChI is InChI=1S/C18H16N2O3S/c1-12-16(13(2)23-20-12)11-22-18(21)15-9-6-10-19-17(15)24-14-7-4-3-5-8-14/h3-10H,11H2,1-2H3. The van der Waals surface area contributed by atoms with Gasteiger partial charge in [0.05, 0.1) is 16.8 Å². The van der Waals surface area contributed by atoms with Gasteiger partial charge in [0.1, 0.15) is 17.4 Å². The third-order valence-electron chi connectivity index (χ3n) is 3.48. The molecule has 122 valence electrons. The van der Waals surface area contributed by atoms with Gasteiger partial charge in [-0.25, -0.2) is 9.78 Å². The third kappa shape index (κ3) is 3.65. The summed E-state index contributed by atoms with van der Waals surface area (Å²) in [5.74, 6) is 0.243. The first-order valence-corrected chi connectivity index (χ1v) is 8.23. The van der Waals surface area contributed by atoms with Gasteiger partial charge in [0, 0.05) is 11.1 Å². The van der Waals surface area contributed by atoms with Gasteiger partial charge in [-0.3, -0.25) is 0 Å². The Morgan fingerprint density at radius 1 is 1.17 bits per heavy atom. The summed E-state index contributed by atoms with van der Waals surface area (Å²) in [5.41, 5.74) is 1.97. The van der Waals surface area contributed by atoms with Gasteiger partial charge >= 0.3 is 5.97 Å². The summed E-state index contributed by atoms with van der Waals surface area (Å²) in [5, 5.41) is 4.48. The largest absolute Gasteiger partial charge is 0.457 e. The van der Waals surface area contributed by atoms with Gasteiger partial charge in [0.2, 0.25) is 0 Å². The van der Waals surface area contributed by atoms with Crippen molar-refractivity contribution in [1.82, 2.24) is 10.1 Å². The maximum Gasteiger partial charge on any atom is 0.341 e. The van der Waals surface area contributed by atoms with E-state index in [0.29, 0.717) is 16.3 Å². The Kier molecular flexibility index (Phi) is 4.96. The number of hydrogen-bond donors (Lipinski definition) is 0. The lowest BCUT2D eigenvalue weighted by Crippen LogP contribution is -2.08. The van der Waals surface area contributed by atoms with E-state index >= 15 is 0 Å². The predicted molar refractivity (Wildman–Crippen MR) is 89.9 cm³/mol. The van der Waals surface area contributed by atoms with Gasteiger partial charge in [0.15, 0.2) is 0 Å². The lowest BCUT2D eigenvalue weighted by atomic mass is 10.2. The van der Waals surface area contributed by atoms with Crippen LogP contribution < -0.4 is 0 Å². The molecular formula is C18H16N2O3S. The van der Waals surface area contributed by atoms with Crippen LogP contribution in [-0.2, 0) is 11.3 Å². The molecular weight excluding hydrogens is 324 g/mol. The zero-order valence-electron chi connectivity index (χ0n) is 13.4. The number of aromatic nitrogens is 2. The Bertz CT molecular complexity index is 827. The van der Waals surface area contributed by atoms with Crippen LogP contribution in [0.25, 0.3) is 0 Å². The van der Waals surface area contributed by atoms with Crippen LogP contribution in [0.2, 0.25) is 0 Å². The highest BCUT2D eigenvalue weighted by Crippen LogP contribution is 2.29. The Morgan fingerprint density at radius 2 is 1.96 bits per heavy atom. The summed E-state index contributed by atoms with van der Waals surface area (Å²) in [4.78, 5) is 17.8. The fourth-order valence-corrected chi connectivity index (χ4v) is 3.04. The Hall–Kier alpha value is -2.60. The molecule has 2 heterocycles. The molecule has 0 aliphatic carbocycles. The topological polar surface area (TPSA) is 65.2 Å². The number of benzene rings is 1. The van der Waals surface area contributed by atoms with Crippen molar-refractivity contribution in [3.05, 3.63) is 71.2 Å². The number of pyridine rings is 1. The first-order chi connectivity index (χ1) is 11.6. The number of rotatable bonds is 5. The minimum atomic E-state index is -0.415. The highest BCUT2D eigenvalue weighted by molar-refractivity contribution is 7.99. The van der Waals surface area contributed by atoms with Crippen molar-refractivity contribution in [2.75, 3.05) is 0 Å². The quantitative estimate of drug-likeness (QED) is 0.649. The molecule has 0 N–H and O–H groups in total. The molecule has 3 rings (SSSR count). The third-order valence-corrected chi connectivity index (χ3v) is 4.50. The lowest BCUT2D eigenvalue weighted by molar-refractivity contribution is 0.0465. The maximum atomic E-state index is 12.4. The molecule has 5 nitrogen and oxygen atoms in total. The molecule has 6 heteroatoms. The van der Waals surface area contributed by atoms with Crippen molar-refractivity contribution >= 4 is 17.7 Å². The van der Waals surface area contributed by atoms with E-state index in [-0.39, 0.29) is 6.61 Å². The van der Waals surface area contributed by atoms with E-state index in [2.05, 4.69) is 10.1 Å². The van der Waals surface area contributed by atoms with E-state index in [1.807, 2.05) is 37.3 Å². The first kappa shape index (κ1) is 16.3. The van der Waals surface area contributed by atoms with Crippen LogP contribution in [-0.4, -0.2) is 16.1 Å². The number of aryl methyl sites for hydroxylation is 2. The smallest absolute Gasteiger partial charge is 0.341 e. The van der Waals surface area contributed by atoms with E-state index in [1.54, 1.807) is 25.3 Å². The fourth-order valence-electron chi connectivity index (χ4n) is 2.15. The molecule has 2 aromatic heterocycles. The Balaban J connectivity index is 1.75. The lowest BCUT2D eigenvalue weighted by Gasteiger charge is -2.08. The number of carbonyl (C=O) groups is 1. The van der Waals surface area contributed by atoms with Crippen LogP contribution in [0.5, 0.6) is 0 Å². The summed E-state index contributed by atoms with van der Waals surface area (Å²) >= 11 is 1.43. The van der Waals surface area contributed by atoms with E-state index < -0.39 is 5.97 Å². The van der Waals surface area contributed by atoms with Gasteiger partial charge in [0.25, 0.3) is 0 Å². The van der Waals surface area contributed by atoms with Crippen LogP contribution in [0.3, 0.4) is 0 Å². The van der Waals surface area contributed by atoms with Gasteiger partial charge in [-0.05, 0) is 38.1 Å². The Labute approximate surface area is 144 Å². The fraction of sp³-hybridized carbons (Fsp3) is 0.167. The van der Waals surface area contributed by atoms with Crippen molar-refractivity contribution in [2.45, 2.75) is 30.4 Å². The van der Waals surface area contributed by atoms with Crippen molar-refractivity contribution in [1.29, 1.82) is 0 Å². The monoisotopic (exact) mass is 340 g/mol. The summed E-state index contributed by atoms with van der Waals surface area (Å²) < 4.78 is 10.5. The SMILES string of the molecule is Cc1noc(C)c1COC(=O)c1cccnc1Sc1ccccc1. The van der Waals surface area contributed by atoms with E-state index in [0.717, 1.165) is 16.2 Å². The summed E-state index contributed by atoms with van der Waals surface area (Å²) in [6, 6.07) is 13.2. The average Bonchev–Trinajstić information content (AvgIpc) is 2.92. The van der Waals surface area contributed by atoms with Crippen LogP contribution in [0.1, 0.15) is 27.4 Å². The van der Waals surface area contributed by atoms with Crippen LogP contribution in [0.4, 0.5) is 0 Å². The van der Waals surface area contributed by atoms with Crippen LogP contribution >= 0.6 is 11.8 Å². The molecule has 0 aliphatic rings. The highest BCUT2D eigenvalue weighted by atomic mass is 32.2. The molecule has 0 spiro atoms. The van der Waals surface area contributed by atoms with Gasteiger partial charge in [-0.15, -0.1) is 0 Å². The van der Waals surface area contributed by atoms with Crippen molar-refractivity contribution in [2.24, 2.45) is 0 Å². The number of ether oxygens (including phenoxy) is 1. The zero-order valence-corrected chi connectivity index (χ0v) is 14.2. The second-order valence-corrected chi connectivity index (χ2v) is 6.21. The molecule has 0 saturated carbocycles. The molecule has 24 heavy (non-hydrogen) atoms. The van der Waals surface area contributed by atoms with Gasteiger partial charge < -0.3 is 9.26 Å². The molecule has 0 aliphatic heterocycles. The summed E-state index contributed by atoms with van der Waals surface area (Å²) in [6.45, 7) is 3.74. The minimum Gasteiger partial charge on any atom is -0.457 e. The maximum absolute atomic E-state index is 12.4. The van der Waals surface area contributed by atoms with Crippen molar-refractivity contribution in [3.63, 3.8) is 0 Å². The minimum absolute atomic E-state index is 0.129. The molecule has 0 atom stereocenters. The first-order valence-electron chi connectivity index (χ1n) is 7.42. The Morgan fingerprint density at radius 3 is 2.67 bits per heavy atom. The summed E-state index contributed by atoms with van der Waals surface area (Å²) in [7, 11) is 0. The highest BCUT2D eigenvalue weighted by Gasteiger charge is 2.17. The predicted octanol–water partition coefficient (Wildman–Crippen LogP) is 4.19. The van der Waals surface area contributed by atoms with Crippen molar-refractivity contribution < 1.29 is 14.1 Å². The normalized spacial score (nSPS) is 10.6. The second kappa shape index (κ2) is 7.31. The van der Waals surface area contributed by atoms with Gasteiger partial charge in [-0.2, -0.15) is 0 Å². The molecule has 3 aromatic rings. The van der Waals surface area contributed by atoms with Crippen molar-refractivity contribution in [3.8, 4) is 0 Å². The summed E-state index contributed by atoms with van der Waals surface area (Å²) in [6.07, 6.45) is 1.66. The average molecular weight is 340 g/mol. The zero-order chi connectivity index (χ0) is 16.9.